The molecule has 0 spiro atoms. The minimum Gasteiger partial charge on any atom is -0.368 e. The first-order valence-corrected chi connectivity index (χ1v) is 6.14. The zero-order valence-corrected chi connectivity index (χ0v) is 11.0. The summed E-state index contributed by atoms with van der Waals surface area (Å²) >= 11 is 0. The maximum absolute atomic E-state index is 11.0. The van der Waals surface area contributed by atoms with Crippen LogP contribution < -0.4 is 11.1 Å². The molecule has 1 heterocycles. The molecule has 20 heavy (non-hydrogen) atoms. The van der Waals surface area contributed by atoms with Crippen molar-refractivity contribution in [2.45, 2.75) is 13.3 Å². The normalized spacial score (nSPS) is 10.2. The highest BCUT2D eigenvalue weighted by atomic mass is 16.6. The molecule has 2 rings (SSSR count). The Kier molecular flexibility index (Phi) is 4.09. The predicted molar refractivity (Wildman–Crippen MR) is 76.5 cm³/mol. The molecule has 1 aromatic carbocycles. The minimum absolute atomic E-state index is 0.0234. The first-order chi connectivity index (χ1) is 9.58. The van der Waals surface area contributed by atoms with Crippen LogP contribution in [0.3, 0.4) is 0 Å². The molecule has 0 bridgehead atoms. The zero-order valence-electron chi connectivity index (χ0n) is 11.0. The van der Waals surface area contributed by atoms with Crippen molar-refractivity contribution < 1.29 is 4.92 Å². The Morgan fingerprint density at radius 1 is 1.30 bits per heavy atom. The summed E-state index contributed by atoms with van der Waals surface area (Å²) in [6.07, 6.45) is 0.737. The quantitative estimate of drug-likeness (QED) is 0.636. The Morgan fingerprint density at radius 3 is 2.65 bits per heavy atom. The van der Waals surface area contributed by atoms with Crippen molar-refractivity contribution in [2.75, 3.05) is 17.6 Å². The fraction of sp³-hybridized carbons (Fsp3) is 0.231. The van der Waals surface area contributed by atoms with Crippen LogP contribution in [0.25, 0.3) is 0 Å². The van der Waals surface area contributed by atoms with E-state index < -0.39 is 4.92 Å². The van der Waals surface area contributed by atoms with Gasteiger partial charge < -0.3 is 11.1 Å². The second kappa shape index (κ2) is 5.96. The van der Waals surface area contributed by atoms with Gasteiger partial charge in [0, 0.05) is 6.54 Å². The van der Waals surface area contributed by atoms with Crippen molar-refractivity contribution in [1.82, 2.24) is 9.97 Å². The molecule has 0 aliphatic rings. The molecular weight excluding hydrogens is 258 g/mol. The smallest absolute Gasteiger partial charge is 0.332 e. The molecule has 0 fully saturated rings. The van der Waals surface area contributed by atoms with Gasteiger partial charge in [0.05, 0.1) is 4.92 Å². The molecule has 0 aliphatic heterocycles. The van der Waals surface area contributed by atoms with Crippen LogP contribution in [-0.2, 0) is 6.42 Å². The third-order valence-corrected chi connectivity index (χ3v) is 2.81. The summed E-state index contributed by atoms with van der Waals surface area (Å²) in [5, 5.41) is 14.0. The Balaban J connectivity index is 2.11. The topological polar surface area (TPSA) is 107 Å². The summed E-state index contributed by atoms with van der Waals surface area (Å²) in [6, 6.07) is 9.83. The molecule has 0 aliphatic carbocycles. The third kappa shape index (κ3) is 3.19. The Bertz CT molecular complexity index is 616. The van der Waals surface area contributed by atoms with E-state index in [4.69, 9.17) is 5.73 Å². The maximum Gasteiger partial charge on any atom is 0.332 e. The summed E-state index contributed by atoms with van der Waals surface area (Å²) in [4.78, 5) is 18.2. The van der Waals surface area contributed by atoms with E-state index in [1.165, 1.54) is 0 Å². The lowest BCUT2D eigenvalue weighted by Crippen LogP contribution is -2.12. The summed E-state index contributed by atoms with van der Waals surface area (Å²) < 4.78 is 0. The average Bonchev–Trinajstić information content (AvgIpc) is 2.38. The number of hydrogen-bond acceptors (Lipinski definition) is 6. The molecule has 0 radical (unpaired) electrons. The lowest BCUT2D eigenvalue weighted by molar-refractivity contribution is -0.385. The third-order valence-electron chi connectivity index (χ3n) is 2.81. The molecule has 0 saturated heterocycles. The van der Waals surface area contributed by atoms with Gasteiger partial charge in [0.25, 0.3) is 0 Å². The number of aryl methyl sites for hydroxylation is 1. The van der Waals surface area contributed by atoms with E-state index in [9.17, 15) is 10.1 Å². The number of nitrogens with one attached hydrogen (secondary N) is 1. The van der Waals surface area contributed by atoms with E-state index in [2.05, 4.69) is 15.3 Å². The number of nitrogens with zero attached hydrogens (tertiary/aromatic N) is 3. The van der Waals surface area contributed by atoms with E-state index in [-0.39, 0.29) is 23.1 Å². The summed E-state index contributed by atoms with van der Waals surface area (Å²) in [5.74, 6) is 0.186. The minimum atomic E-state index is -0.500. The number of hydrogen-bond donors (Lipinski definition) is 2. The van der Waals surface area contributed by atoms with Gasteiger partial charge in [-0.25, -0.2) is 4.98 Å². The number of nitro groups is 1. The summed E-state index contributed by atoms with van der Waals surface area (Å²) in [5.41, 5.74) is 6.79. The monoisotopic (exact) mass is 273 g/mol. The number of aromatic nitrogens is 2. The van der Waals surface area contributed by atoms with Crippen molar-refractivity contribution in [3.05, 3.63) is 51.7 Å². The van der Waals surface area contributed by atoms with E-state index in [0.29, 0.717) is 6.54 Å². The highest BCUT2D eigenvalue weighted by Gasteiger charge is 2.20. The van der Waals surface area contributed by atoms with Gasteiger partial charge in [-0.2, -0.15) is 4.98 Å². The van der Waals surface area contributed by atoms with Crippen LogP contribution in [0.4, 0.5) is 17.5 Å². The van der Waals surface area contributed by atoms with E-state index in [1.807, 2.05) is 30.3 Å². The Labute approximate surface area is 116 Å². The molecule has 0 amide bonds. The Morgan fingerprint density at radius 2 is 2.00 bits per heavy atom. The van der Waals surface area contributed by atoms with Crippen molar-refractivity contribution in [3.8, 4) is 0 Å². The maximum atomic E-state index is 11.0. The zero-order chi connectivity index (χ0) is 14.5. The van der Waals surface area contributed by atoms with Crippen molar-refractivity contribution >= 4 is 17.5 Å². The lowest BCUT2D eigenvalue weighted by atomic mass is 10.1. The molecule has 1 aromatic heterocycles. The molecule has 7 heteroatoms. The fourth-order valence-electron chi connectivity index (χ4n) is 1.90. The van der Waals surface area contributed by atoms with Gasteiger partial charge in [-0.15, -0.1) is 0 Å². The largest absolute Gasteiger partial charge is 0.368 e. The molecule has 0 atom stereocenters. The Hall–Kier alpha value is -2.70. The van der Waals surface area contributed by atoms with Crippen molar-refractivity contribution in [3.63, 3.8) is 0 Å². The van der Waals surface area contributed by atoms with Crippen LogP contribution in [0, 0.1) is 17.0 Å². The van der Waals surface area contributed by atoms with Crippen LogP contribution in [0.2, 0.25) is 0 Å². The summed E-state index contributed by atoms with van der Waals surface area (Å²) in [6.45, 7) is 2.07. The van der Waals surface area contributed by atoms with E-state index >= 15 is 0 Å². The first-order valence-electron chi connectivity index (χ1n) is 6.14. The number of nitrogen functional groups attached to an aromatic ring is 1. The molecule has 0 unspecified atom stereocenters. The highest BCUT2D eigenvalue weighted by molar-refractivity contribution is 5.60. The molecule has 0 saturated carbocycles. The van der Waals surface area contributed by atoms with E-state index in [0.717, 1.165) is 12.0 Å². The van der Waals surface area contributed by atoms with Gasteiger partial charge >= 0.3 is 5.69 Å². The van der Waals surface area contributed by atoms with E-state index in [1.54, 1.807) is 6.92 Å². The molecular formula is C13H15N5O2. The standard InChI is InChI=1S/C13H15N5O2/c1-9-11(18(19)20)12(17-13(14)16-9)15-8-7-10-5-3-2-4-6-10/h2-6H,7-8H2,1H3,(H3,14,15,16,17). The van der Waals surface area contributed by atoms with Gasteiger partial charge in [-0.1, -0.05) is 30.3 Å². The van der Waals surface area contributed by atoms with Gasteiger partial charge in [0.2, 0.25) is 11.8 Å². The molecule has 3 N–H and O–H groups in total. The second-order valence-corrected chi connectivity index (χ2v) is 4.28. The molecule has 104 valence electrons. The van der Waals surface area contributed by atoms with Gasteiger partial charge in [-0.05, 0) is 18.9 Å². The van der Waals surface area contributed by atoms with Gasteiger partial charge in [-0.3, -0.25) is 10.1 Å². The second-order valence-electron chi connectivity index (χ2n) is 4.28. The van der Waals surface area contributed by atoms with Crippen LogP contribution in [-0.4, -0.2) is 21.4 Å². The number of rotatable bonds is 5. The van der Waals surface area contributed by atoms with Crippen LogP contribution in [0.5, 0.6) is 0 Å². The van der Waals surface area contributed by atoms with Crippen molar-refractivity contribution in [1.29, 1.82) is 0 Å². The van der Waals surface area contributed by atoms with Gasteiger partial charge in [0.15, 0.2) is 0 Å². The SMILES string of the molecule is Cc1nc(N)nc(NCCc2ccccc2)c1[N+](=O)[O-]. The lowest BCUT2D eigenvalue weighted by Gasteiger charge is -2.08. The number of anilines is 2. The number of benzene rings is 1. The number of nitrogens with two attached hydrogens (primary N) is 1. The van der Waals surface area contributed by atoms with Crippen LogP contribution in [0.1, 0.15) is 11.3 Å². The van der Waals surface area contributed by atoms with Gasteiger partial charge in [0.1, 0.15) is 5.69 Å². The molecule has 7 nitrogen and oxygen atoms in total. The first kappa shape index (κ1) is 13.7. The van der Waals surface area contributed by atoms with Crippen LogP contribution in [0.15, 0.2) is 30.3 Å². The average molecular weight is 273 g/mol. The predicted octanol–water partition coefficient (Wildman–Crippen LogP) is 1.93. The molecule has 2 aromatic rings. The van der Waals surface area contributed by atoms with Crippen molar-refractivity contribution in [2.24, 2.45) is 0 Å². The highest BCUT2D eigenvalue weighted by Crippen LogP contribution is 2.25. The fourth-order valence-corrected chi connectivity index (χ4v) is 1.90. The summed E-state index contributed by atoms with van der Waals surface area (Å²) in [7, 11) is 0. The van der Waals surface area contributed by atoms with Crippen LogP contribution >= 0.6 is 0 Å².